The summed E-state index contributed by atoms with van der Waals surface area (Å²) in [6, 6.07) is 10.2. The van der Waals surface area contributed by atoms with Crippen molar-refractivity contribution >= 4 is 17.3 Å². The minimum atomic E-state index is 0.681. The van der Waals surface area contributed by atoms with E-state index in [-0.39, 0.29) is 0 Å². The highest BCUT2D eigenvalue weighted by atomic mass is 32.1. The number of aromatic nitrogens is 3. The third-order valence-corrected chi connectivity index (χ3v) is 5.37. The molecule has 2 heterocycles. The zero-order valence-electron chi connectivity index (χ0n) is 16.3. The van der Waals surface area contributed by atoms with Crippen LogP contribution in [-0.4, -0.2) is 34.3 Å². The molecule has 0 aliphatic carbocycles. The largest absolute Gasteiger partial charge is 0.356 e. The topological polar surface area (TPSA) is 67.1 Å². The van der Waals surface area contributed by atoms with Gasteiger partial charge in [-0.05, 0) is 32.9 Å². The fourth-order valence-corrected chi connectivity index (χ4v) is 3.74. The van der Waals surface area contributed by atoms with E-state index in [1.807, 2.05) is 36.0 Å². The summed E-state index contributed by atoms with van der Waals surface area (Å²) in [7, 11) is 1.79. The first kappa shape index (κ1) is 19.1. The molecule has 0 atom stereocenters. The van der Waals surface area contributed by atoms with Crippen molar-refractivity contribution in [1.82, 2.24) is 25.4 Å². The van der Waals surface area contributed by atoms with Gasteiger partial charge in [0.25, 0.3) is 0 Å². The third kappa shape index (κ3) is 4.74. The Kier molecular flexibility index (Phi) is 6.24. The molecule has 3 aromatic rings. The van der Waals surface area contributed by atoms with Gasteiger partial charge in [-0.15, -0.1) is 11.3 Å². The van der Waals surface area contributed by atoms with Crippen molar-refractivity contribution in [2.75, 3.05) is 13.6 Å². The molecule has 27 heavy (non-hydrogen) atoms. The second-order valence-corrected chi connectivity index (χ2v) is 7.68. The second kappa shape index (κ2) is 8.81. The van der Waals surface area contributed by atoms with Crippen LogP contribution in [0.15, 0.2) is 41.5 Å². The van der Waals surface area contributed by atoms with Crippen LogP contribution >= 0.6 is 11.3 Å². The van der Waals surface area contributed by atoms with E-state index in [4.69, 9.17) is 5.10 Å². The number of nitrogens with zero attached hydrogens (tertiary/aromatic N) is 4. The average Bonchev–Trinajstić information content (AvgIpc) is 3.22. The molecular formula is C20H26N6S. The fourth-order valence-electron chi connectivity index (χ4n) is 2.95. The van der Waals surface area contributed by atoms with Gasteiger partial charge in [0.1, 0.15) is 0 Å². The highest BCUT2D eigenvalue weighted by Gasteiger charge is 2.13. The van der Waals surface area contributed by atoms with Gasteiger partial charge in [-0.3, -0.25) is 4.99 Å². The maximum atomic E-state index is 4.70. The quantitative estimate of drug-likeness (QED) is 0.508. The number of aryl methyl sites for hydroxylation is 2. The van der Waals surface area contributed by atoms with Crippen LogP contribution in [0.1, 0.15) is 26.8 Å². The molecule has 142 valence electrons. The lowest BCUT2D eigenvalue weighted by Crippen LogP contribution is -2.38. The number of guanidine groups is 1. The number of rotatable bonds is 6. The number of hydrogen-bond donors (Lipinski definition) is 2. The Morgan fingerprint density at radius 2 is 1.93 bits per heavy atom. The van der Waals surface area contributed by atoms with Crippen LogP contribution in [0.25, 0.3) is 5.69 Å². The maximum absolute atomic E-state index is 4.70. The number of thiazole rings is 1. The van der Waals surface area contributed by atoms with E-state index in [0.717, 1.165) is 41.0 Å². The number of para-hydroxylation sites is 1. The summed E-state index contributed by atoms with van der Waals surface area (Å²) in [6.07, 6.45) is 2.81. The van der Waals surface area contributed by atoms with Crippen LogP contribution in [0, 0.1) is 20.8 Å². The van der Waals surface area contributed by atoms with Crippen LogP contribution in [0.4, 0.5) is 0 Å². The molecule has 3 rings (SSSR count). The highest BCUT2D eigenvalue weighted by Crippen LogP contribution is 2.17. The van der Waals surface area contributed by atoms with Gasteiger partial charge in [0, 0.05) is 48.9 Å². The van der Waals surface area contributed by atoms with Crippen molar-refractivity contribution in [3.05, 3.63) is 63.4 Å². The summed E-state index contributed by atoms with van der Waals surface area (Å²) in [6.45, 7) is 7.71. The number of nitrogens with one attached hydrogen (secondary N) is 2. The predicted octanol–water partition coefficient (Wildman–Crippen LogP) is 3.16. The Morgan fingerprint density at radius 1 is 1.15 bits per heavy atom. The molecule has 0 aliphatic rings. The molecule has 0 unspecified atom stereocenters. The summed E-state index contributed by atoms with van der Waals surface area (Å²) in [5, 5.41) is 12.6. The molecule has 0 fully saturated rings. The molecule has 2 aromatic heterocycles. The predicted molar refractivity (Wildman–Crippen MR) is 112 cm³/mol. The molecule has 0 amide bonds. The van der Waals surface area contributed by atoms with Crippen molar-refractivity contribution < 1.29 is 0 Å². The number of benzene rings is 1. The second-order valence-electron chi connectivity index (χ2n) is 6.36. The fraction of sp³-hybridized carbons (Fsp3) is 0.350. The van der Waals surface area contributed by atoms with Crippen molar-refractivity contribution in [1.29, 1.82) is 0 Å². The molecule has 0 saturated carbocycles. The van der Waals surface area contributed by atoms with Gasteiger partial charge in [0.15, 0.2) is 5.96 Å². The normalized spacial score (nSPS) is 11.6. The molecule has 6 nitrogen and oxygen atoms in total. The van der Waals surface area contributed by atoms with Crippen molar-refractivity contribution in [2.24, 2.45) is 4.99 Å². The molecule has 0 radical (unpaired) electrons. The first-order valence-corrected chi connectivity index (χ1v) is 9.86. The lowest BCUT2D eigenvalue weighted by Gasteiger charge is -2.12. The summed E-state index contributed by atoms with van der Waals surface area (Å²) in [5.41, 5.74) is 4.43. The molecule has 0 aliphatic heterocycles. The first-order chi connectivity index (χ1) is 13.1. The van der Waals surface area contributed by atoms with Crippen LogP contribution in [-0.2, 0) is 13.0 Å². The SMILES string of the molecule is CN=C(NCCc1ncc(C)s1)NCc1c(C)nn(-c2ccccc2)c1C. The van der Waals surface area contributed by atoms with E-state index in [9.17, 15) is 0 Å². The summed E-state index contributed by atoms with van der Waals surface area (Å²) in [4.78, 5) is 9.95. The van der Waals surface area contributed by atoms with E-state index in [1.54, 1.807) is 18.4 Å². The Balaban J connectivity index is 1.59. The van der Waals surface area contributed by atoms with Gasteiger partial charge in [-0.2, -0.15) is 5.10 Å². The molecular weight excluding hydrogens is 356 g/mol. The molecule has 1 aromatic carbocycles. The number of hydrogen-bond acceptors (Lipinski definition) is 4. The van der Waals surface area contributed by atoms with Crippen molar-refractivity contribution in [2.45, 2.75) is 33.7 Å². The van der Waals surface area contributed by atoms with Crippen molar-refractivity contribution in [3.63, 3.8) is 0 Å². The minimum Gasteiger partial charge on any atom is -0.356 e. The molecule has 2 N–H and O–H groups in total. The zero-order valence-corrected chi connectivity index (χ0v) is 17.1. The zero-order chi connectivity index (χ0) is 19.2. The standard InChI is InChI=1S/C20H26N6S/c1-14-12-23-19(27-14)10-11-22-20(21-4)24-13-18-15(2)25-26(16(18)3)17-8-6-5-7-9-17/h5-9,12H,10-11,13H2,1-4H3,(H2,21,22,24). The van der Waals surface area contributed by atoms with Gasteiger partial charge in [-0.25, -0.2) is 9.67 Å². The monoisotopic (exact) mass is 382 g/mol. The van der Waals surface area contributed by atoms with Crippen LogP contribution in [0.3, 0.4) is 0 Å². The minimum absolute atomic E-state index is 0.681. The molecule has 7 heteroatoms. The summed E-state index contributed by atoms with van der Waals surface area (Å²) in [5.74, 6) is 0.787. The van der Waals surface area contributed by atoms with Crippen LogP contribution < -0.4 is 10.6 Å². The number of aliphatic imine (C=N–C) groups is 1. The molecule has 0 bridgehead atoms. The van der Waals surface area contributed by atoms with E-state index < -0.39 is 0 Å². The Morgan fingerprint density at radius 3 is 2.59 bits per heavy atom. The van der Waals surface area contributed by atoms with E-state index in [2.05, 4.69) is 46.6 Å². The highest BCUT2D eigenvalue weighted by molar-refractivity contribution is 7.11. The molecule has 0 saturated heterocycles. The van der Waals surface area contributed by atoms with E-state index in [1.165, 1.54) is 10.4 Å². The summed E-state index contributed by atoms with van der Waals surface area (Å²) >= 11 is 1.74. The average molecular weight is 383 g/mol. The summed E-state index contributed by atoms with van der Waals surface area (Å²) < 4.78 is 1.99. The van der Waals surface area contributed by atoms with E-state index in [0.29, 0.717) is 6.54 Å². The van der Waals surface area contributed by atoms with Gasteiger partial charge in [0.05, 0.1) is 16.4 Å². The smallest absolute Gasteiger partial charge is 0.191 e. The lowest BCUT2D eigenvalue weighted by atomic mass is 10.2. The Bertz CT molecular complexity index is 910. The third-order valence-electron chi connectivity index (χ3n) is 4.40. The van der Waals surface area contributed by atoms with Gasteiger partial charge in [0.2, 0.25) is 0 Å². The maximum Gasteiger partial charge on any atom is 0.191 e. The lowest BCUT2D eigenvalue weighted by molar-refractivity contribution is 0.786. The van der Waals surface area contributed by atoms with Gasteiger partial charge >= 0.3 is 0 Å². The first-order valence-electron chi connectivity index (χ1n) is 9.05. The van der Waals surface area contributed by atoms with Gasteiger partial charge in [-0.1, -0.05) is 18.2 Å². The molecule has 0 spiro atoms. The van der Waals surface area contributed by atoms with E-state index >= 15 is 0 Å². The Labute approximate surface area is 164 Å². The van der Waals surface area contributed by atoms with Crippen molar-refractivity contribution in [3.8, 4) is 5.69 Å². The Hall–Kier alpha value is -2.67. The van der Waals surface area contributed by atoms with Gasteiger partial charge < -0.3 is 10.6 Å². The van der Waals surface area contributed by atoms with Crippen LogP contribution in [0.5, 0.6) is 0 Å². The van der Waals surface area contributed by atoms with Crippen LogP contribution in [0.2, 0.25) is 0 Å².